The van der Waals surface area contributed by atoms with Crippen LogP contribution >= 0.6 is 11.6 Å². The highest BCUT2D eigenvalue weighted by Crippen LogP contribution is 2.21. The third-order valence-electron chi connectivity index (χ3n) is 2.83. The molecule has 0 aliphatic carbocycles. The van der Waals surface area contributed by atoms with E-state index < -0.39 is 12.8 Å². The van der Waals surface area contributed by atoms with Crippen LogP contribution in [0.5, 0.6) is 0 Å². The number of hydrogen-bond donors (Lipinski definition) is 1. The van der Waals surface area contributed by atoms with Crippen molar-refractivity contribution in [2.75, 3.05) is 25.6 Å². The number of amides is 1. The first-order valence-electron chi connectivity index (χ1n) is 5.26. The number of nitrogens with zero attached hydrogens (tertiary/aromatic N) is 1. The lowest BCUT2D eigenvalue weighted by molar-refractivity contribution is -0.134. The number of piperidine rings is 1. The van der Waals surface area contributed by atoms with Gasteiger partial charge in [-0.15, -0.1) is 11.6 Å². The molecule has 0 unspecified atom stereocenters. The van der Waals surface area contributed by atoms with Crippen LogP contribution in [0, 0.1) is 5.92 Å². The summed E-state index contributed by atoms with van der Waals surface area (Å²) >= 11 is 5.48. The molecule has 1 aliphatic heterocycles. The van der Waals surface area contributed by atoms with Gasteiger partial charge in [0.1, 0.15) is 0 Å². The first kappa shape index (κ1) is 12.7. The molecule has 88 valence electrons. The molecule has 0 spiro atoms. The van der Waals surface area contributed by atoms with Crippen molar-refractivity contribution in [3.8, 4) is 0 Å². The van der Waals surface area contributed by atoms with Crippen LogP contribution in [0.1, 0.15) is 19.3 Å². The normalized spacial score (nSPS) is 26.7. The molecular formula is C10H17ClFNO2. The molecule has 0 radical (unpaired) electrons. The maximum absolute atomic E-state index is 12.2. The van der Waals surface area contributed by atoms with Crippen LogP contribution in [0.25, 0.3) is 0 Å². The fourth-order valence-electron chi connectivity index (χ4n) is 1.91. The molecule has 1 amide bonds. The Morgan fingerprint density at radius 3 is 2.93 bits per heavy atom. The molecule has 0 bridgehead atoms. The second kappa shape index (κ2) is 6.28. The van der Waals surface area contributed by atoms with Crippen molar-refractivity contribution in [3.63, 3.8) is 0 Å². The topological polar surface area (TPSA) is 40.5 Å². The van der Waals surface area contributed by atoms with Crippen molar-refractivity contribution in [2.45, 2.75) is 25.4 Å². The summed E-state index contributed by atoms with van der Waals surface area (Å²) in [5.74, 6) is 0.190. The minimum Gasteiger partial charge on any atom is -0.393 e. The zero-order chi connectivity index (χ0) is 11.3. The van der Waals surface area contributed by atoms with Crippen molar-refractivity contribution in [3.05, 3.63) is 0 Å². The molecule has 1 fully saturated rings. The second-order valence-electron chi connectivity index (χ2n) is 3.87. The van der Waals surface area contributed by atoms with Gasteiger partial charge in [-0.05, 0) is 12.8 Å². The molecule has 1 heterocycles. The van der Waals surface area contributed by atoms with Gasteiger partial charge in [0.2, 0.25) is 5.91 Å². The Bertz CT molecular complexity index is 216. The second-order valence-corrected chi connectivity index (χ2v) is 4.25. The summed E-state index contributed by atoms with van der Waals surface area (Å²) in [6.45, 7) is 0.569. The number of likely N-dealkylation sites (tertiary alicyclic amines) is 1. The van der Waals surface area contributed by atoms with Crippen LogP contribution < -0.4 is 0 Å². The van der Waals surface area contributed by atoms with E-state index in [1.807, 2.05) is 0 Å². The molecule has 2 atom stereocenters. The molecule has 1 saturated heterocycles. The molecule has 0 saturated carbocycles. The Morgan fingerprint density at radius 2 is 2.33 bits per heavy atom. The van der Waals surface area contributed by atoms with E-state index in [1.165, 1.54) is 0 Å². The number of rotatable bonds is 4. The van der Waals surface area contributed by atoms with Gasteiger partial charge in [-0.3, -0.25) is 9.18 Å². The van der Waals surface area contributed by atoms with Crippen molar-refractivity contribution in [1.82, 2.24) is 4.90 Å². The Hall–Kier alpha value is -0.350. The fourth-order valence-corrected chi connectivity index (χ4v) is 2.07. The average Bonchev–Trinajstić information content (AvgIpc) is 2.22. The van der Waals surface area contributed by atoms with E-state index in [-0.39, 0.29) is 11.8 Å². The number of aliphatic hydroxyl groups is 1. The van der Waals surface area contributed by atoms with E-state index in [9.17, 15) is 14.3 Å². The predicted molar refractivity (Wildman–Crippen MR) is 56.6 cm³/mol. The summed E-state index contributed by atoms with van der Waals surface area (Å²) in [6, 6.07) is 0. The third kappa shape index (κ3) is 3.61. The van der Waals surface area contributed by atoms with E-state index in [2.05, 4.69) is 0 Å². The minimum atomic E-state index is -0.471. The highest BCUT2D eigenvalue weighted by atomic mass is 35.5. The first-order valence-corrected chi connectivity index (χ1v) is 5.80. The van der Waals surface area contributed by atoms with Crippen LogP contribution in [0.2, 0.25) is 0 Å². The van der Waals surface area contributed by atoms with Gasteiger partial charge in [0.25, 0.3) is 0 Å². The molecule has 0 aromatic heterocycles. The molecule has 0 aromatic rings. The molecule has 5 heteroatoms. The van der Waals surface area contributed by atoms with E-state index in [0.29, 0.717) is 38.2 Å². The Balaban J connectivity index is 2.45. The van der Waals surface area contributed by atoms with Crippen LogP contribution in [0.4, 0.5) is 4.39 Å². The van der Waals surface area contributed by atoms with E-state index in [0.717, 1.165) is 0 Å². The van der Waals surface area contributed by atoms with Crippen LogP contribution in [0.3, 0.4) is 0 Å². The predicted octanol–water partition coefficient (Wildman–Crippen LogP) is 1.18. The van der Waals surface area contributed by atoms with Gasteiger partial charge in [0.05, 0.1) is 12.8 Å². The summed E-state index contributed by atoms with van der Waals surface area (Å²) in [4.78, 5) is 13.2. The van der Waals surface area contributed by atoms with Crippen molar-refractivity contribution in [1.29, 1.82) is 0 Å². The largest absolute Gasteiger partial charge is 0.393 e. The Morgan fingerprint density at radius 1 is 1.60 bits per heavy atom. The Labute approximate surface area is 94.2 Å². The monoisotopic (exact) mass is 237 g/mol. The van der Waals surface area contributed by atoms with Gasteiger partial charge in [-0.25, -0.2) is 0 Å². The van der Waals surface area contributed by atoms with Gasteiger partial charge in [0, 0.05) is 31.3 Å². The highest BCUT2D eigenvalue weighted by molar-refractivity contribution is 6.18. The fraction of sp³-hybridized carbons (Fsp3) is 0.900. The minimum absolute atomic E-state index is 0.000702. The van der Waals surface area contributed by atoms with E-state index in [4.69, 9.17) is 11.6 Å². The zero-order valence-corrected chi connectivity index (χ0v) is 9.42. The van der Waals surface area contributed by atoms with Gasteiger partial charge in [0.15, 0.2) is 0 Å². The number of aliphatic hydroxyl groups excluding tert-OH is 1. The lowest BCUT2D eigenvalue weighted by Crippen LogP contribution is -2.46. The number of halogens is 2. The number of carbonyl (C=O) groups is 1. The van der Waals surface area contributed by atoms with Crippen molar-refractivity contribution >= 4 is 17.5 Å². The summed E-state index contributed by atoms with van der Waals surface area (Å²) in [5.41, 5.74) is 0. The first-order chi connectivity index (χ1) is 7.19. The number of alkyl halides is 2. The molecule has 1 aliphatic rings. The summed E-state index contributed by atoms with van der Waals surface area (Å²) in [6.07, 6.45) is 0.714. The van der Waals surface area contributed by atoms with Crippen molar-refractivity contribution in [2.24, 2.45) is 5.92 Å². The van der Waals surface area contributed by atoms with Crippen LogP contribution in [0.15, 0.2) is 0 Å². The molecule has 15 heavy (non-hydrogen) atoms. The standard InChI is InChI=1S/C10H17ClFNO2/c11-4-1-10(15)13-6-3-9(14)8(7-13)2-5-12/h8-9,14H,1-7H2/t8-,9-/m0/s1. The zero-order valence-electron chi connectivity index (χ0n) is 8.66. The number of hydrogen-bond acceptors (Lipinski definition) is 2. The van der Waals surface area contributed by atoms with Gasteiger partial charge >= 0.3 is 0 Å². The third-order valence-corrected chi connectivity index (χ3v) is 3.02. The van der Waals surface area contributed by atoms with Crippen LogP contribution in [-0.4, -0.2) is 47.7 Å². The van der Waals surface area contributed by atoms with Gasteiger partial charge in [-0.1, -0.05) is 0 Å². The smallest absolute Gasteiger partial charge is 0.223 e. The SMILES string of the molecule is O=C(CCCl)N1CC[C@H](O)[C@@H](CCF)C1. The quantitative estimate of drug-likeness (QED) is 0.746. The molecule has 0 aromatic carbocycles. The van der Waals surface area contributed by atoms with Gasteiger partial charge in [-0.2, -0.15) is 0 Å². The van der Waals surface area contributed by atoms with E-state index >= 15 is 0 Å². The summed E-state index contributed by atoms with van der Waals surface area (Å²) in [7, 11) is 0. The number of carbonyl (C=O) groups excluding carboxylic acids is 1. The Kier molecular flexibility index (Phi) is 5.32. The maximum Gasteiger partial charge on any atom is 0.223 e. The summed E-state index contributed by atoms with van der Waals surface area (Å²) < 4.78 is 12.2. The summed E-state index contributed by atoms with van der Waals surface area (Å²) in [5, 5.41) is 9.60. The molecular weight excluding hydrogens is 221 g/mol. The van der Waals surface area contributed by atoms with E-state index in [1.54, 1.807) is 4.90 Å². The lowest BCUT2D eigenvalue weighted by atomic mass is 9.92. The van der Waals surface area contributed by atoms with Crippen LogP contribution in [-0.2, 0) is 4.79 Å². The van der Waals surface area contributed by atoms with Gasteiger partial charge < -0.3 is 10.0 Å². The van der Waals surface area contributed by atoms with Crippen molar-refractivity contribution < 1.29 is 14.3 Å². The molecule has 1 rings (SSSR count). The molecule has 3 nitrogen and oxygen atoms in total. The molecule has 1 N–H and O–H groups in total. The lowest BCUT2D eigenvalue weighted by Gasteiger charge is -2.35. The average molecular weight is 238 g/mol. The maximum atomic E-state index is 12.2. The highest BCUT2D eigenvalue weighted by Gasteiger charge is 2.29.